The van der Waals surface area contributed by atoms with E-state index in [1.165, 1.54) is 19.2 Å². The number of methoxy groups -OCH3 is 2. The van der Waals surface area contributed by atoms with E-state index >= 15 is 0 Å². The zero-order valence-corrected chi connectivity index (χ0v) is 13.2. The standard InChI is InChI=1S/C17H19NO4/c1-11-7-14(19)8-12(2)18(11)10-15(20)13-5-6-16(21-3)17(9-13)22-4/h5-9H,10H2,1-4H3. The van der Waals surface area contributed by atoms with Gasteiger partial charge in [-0.25, -0.2) is 0 Å². The van der Waals surface area contributed by atoms with E-state index in [9.17, 15) is 9.59 Å². The lowest BCUT2D eigenvalue weighted by Crippen LogP contribution is -2.18. The van der Waals surface area contributed by atoms with Crippen LogP contribution in [-0.2, 0) is 6.54 Å². The number of nitrogens with zero attached hydrogens (tertiary/aromatic N) is 1. The monoisotopic (exact) mass is 301 g/mol. The van der Waals surface area contributed by atoms with E-state index in [-0.39, 0.29) is 17.8 Å². The first-order valence-corrected chi connectivity index (χ1v) is 6.89. The van der Waals surface area contributed by atoms with E-state index in [2.05, 4.69) is 0 Å². The van der Waals surface area contributed by atoms with Gasteiger partial charge in [0.25, 0.3) is 0 Å². The lowest BCUT2D eigenvalue weighted by atomic mass is 10.1. The molecule has 0 saturated heterocycles. The van der Waals surface area contributed by atoms with Crippen LogP contribution in [-0.4, -0.2) is 24.6 Å². The minimum Gasteiger partial charge on any atom is -0.493 e. The summed E-state index contributed by atoms with van der Waals surface area (Å²) in [5.41, 5.74) is 2.01. The van der Waals surface area contributed by atoms with Crippen LogP contribution in [0.3, 0.4) is 0 Å². The number of carbonyl (C=O) groups is 1. The van der Waals surface area contributed by atoms with E-state index in [0.29, 0.717) is 17.1 Å². The van der Waals surface area contributed by atoms with E-state index in [1.807, 2.05) is 18.4 Å². The molecule has 1 aromatic heterocycles. The number of rotatable bonds is 5. The van der Waals surface area contributed by atoms with Gasteiger partial charge in [0.15, 0.2) is 22.7 Å². The molecule has 0 bridgehead atoms. The largest absolute Gasteiger partial charge is 0.493 e. The normalized spacial score (nSPS) is 10.4. The summed E-state index contributed by atoms with van der Waals surface area (Å²) >= 11 is 0. The zero-order chi connectivity index (χ0) is 16.3. The molecule has 2 aromatic rings. The van der Waals surface area contributed by atoms with Gasteiger partial charge in [0.05, 0.1) is 20.8 Å². The van der Waals surface area contributed by atoms with Gasteiger partial charge in [-0.2, -0.15) is 0 Å². The van der Waals surface area contributed by atoms with E-state index in [1.54, 1.807) is 25.3 Å². The van der Waals surface area contributed by atoms with Crippen molar-refractivity contribution in [1.29, 1.82) is 0 Å². The van der Waals surface area contributed by atoms with Crippen LogP contribution in [0.5, 0.6) is 11.5 Å². The summed E-state index contributed by atoms with van der Waals surface area (Å²) in [6, 6.07) is 8.12. The summed E-state index contributed by atoms with van der Waals surface area (Å²) in [4.78, 5) is 23.9. The van der Waals surface area contributed by atoms with Crippen LogP contribution in [0, 0.1) is 13.8 Å². The van der Waals surface area contributed by atoms with Crippen LogP contribution in [0.1, 0.15) is 21.7 Å². The van der Waals surface area contributed by atoms with Crippen molar-refractivity contribution in [2.75, 3.05) is 14.2 Å². The molecule has 0 aliphatic carbocycles. The lowest BCUT2D eigenvalue weighted by molar-refractivity contribution is 0.0970. The van der Waals surface area contributed by atoms with Crippen LogP contribution < -0.4 is 14.9 Å². The highest BCUT2D eigenvalue weighted by molar-refractivity contribution is 5.96. The Morgan fingerprint density at radius 1 is 1.00 bits per heavy atom. The fourth-order valence-electron chi connectivity index (χ4n) is 2.38. The maximum Gasteiger partial charge on any atom is 0.182 e. The first kappa shape index (κ1) is 15.8. The second kappa shape index (κ2) is 6.47. The molecule has 0 spiro atoms. The third kappa shape index (κ3) is 3.19. The van der Waals surface area contributed by atoms with Crippen LogP contribution in [0.25, 0.3) is 0 Å². The van der Waals surface area contributed by atoms with Crippen molar-refractivity contribution in [2.45, 2.75) is 20.4 Å². The molecule has 0 N–H and O–H groups in total. The van der Waals surface area contributed by atoms with Crippen LogP contribution in [0.2, 0.25) is 0 Å². The number of aryl methyl sites for hydroxylation is 2. The van der Waals surface area contributed by atoms with Crippen molar-refractivity contribution in [3.05, 3.63) is 57.5 Å². The summed E-state index contributed by atoms with van der Waals surface area (Å²) in [7, 11) is 3.08. The number of ether oxygens (including phenoxy) is 2. The van der Waals surface area contributed by atoms with Gasteiger partial charge in [-0.1, -0.05) is 0 Å². The Morgan fingerprint density at radius 2 is 1.59 bits per heavy atom. The Bertz CT molecular complexity index is 735. The van der Waals surface area contributed by atoms with Gasteiger partial charge in [0.2, 0.25) is 0 Å². The number of carbonyl (C=O) groups excluding carboxylic acids is 1. The topological polar surface area (TPSA) is 57.5 Å². The molecule has 5 heteroatoms. The fraction of sp³-hybridized carbons (Fsp3) is 0.294. The van der Waals surface area contributed by atoms with Crippen molar-refractivity contribution in [1.82, 2.24) is 4.57 Å². The summed E-state index contributed by atoms with van der Waals surface area (Å²) in [6.45, 7) is 3.81. The Morgan fingerprint density at radius 3 is 2.14 bits per heavy atom. The molecule has 0 unspecified atom stereocenters. The van der Waals surface area contributed by atoms with E-state index < -0.39 is 0 Å². The second-order valence-corrected chi connectivity index (χ2v) is 5.05. The predicted octanol–water partition coefficient (Wildman–Crippen LogP) is 2.37. The molecule has 0 atom stereocenters. The molecule has 0 radical (unpaired) electrons. The fourth-order valence-corrected chi connectivity index (χ4v) is 2.38. The smallest absolute Gasteiger partial charge is 0.182 e. The molecular formula is C17H19NO4. The molecule has 5 nitrogen and oxygen atoms in total. The van der Waals surface area contributed by atoms with Crippen molar-refractivity contribution < 1.29 is 14.3 Å². The highest BCUT2D eigenvalue weighted by atomic mass is 16.5. The Kier molecular flexibility index (Phi) is 4.65. The highest BCUT2D eigenvalue weighted by Crippen LogP contribution is 2.27. The van der Waals surface area contributed by atoms with Gasteiger partial charge in [-0.05, 0) is 32.0 Å². The molecule has 0 amide bonds. The summed E-state index contributed by atoms with van der Waals surface area (Å²) in [5.74, 6) is 1.03. The van der Waals surface area contributed by atoms with Crippen molar-refractivity contribution in [3.63, 3.8) is 0 Å². The molecule has 0 fully saturated rings. The molecule has 116 valence electrons. The Labute approximate surface area is 129 Å². The summed E-state index contributed by atoms with van der Waals surface area (Å²) in [5, 5.41) is 0. The van der Waals surface area contributed by atoms with Gasteiger partial charge >= 0.3 is 0 Å². The first-order chi connectivity index (χ1) is 10.5. The van der Waals surface area contributed by atoms with Crippen LogP contribution in [0.4, 0.5) is 0 Å². The van der Waals surface area contributed by atoms with Crippen LogP contribution in [0.15, 0.2) is 35.1 Å². The van der Waals surface area contributed by atoms with Crippen molar-refractivity contribution in [3.8, 4) is 11.5 Å². The molecule has 1 aromatic carbocycles. The Balaban J connectivity index is 2.32. The van der Waals surface area contributed by atoms with Crippen LogP contribution >= 0.6 is 0 Å². The number of pyridine rings is 1. The minimum atomic E-state index is -0.0594. The van der Waals surface area contributed by atoms with E-state index in [0.717, 1.165) is 11.4 Å². The molecular weight excluding hydrogens is 282 g/mol. The summed E-state index contributed by atoms with van der Waals surface area (Å²) in [6.07, 6.45) is 0. The average Bonchev–Trinajstić information content (AvgIpc) is 2.49. The number of benzene rings is 1. The number of hydrogen-bond donors (Lipinski definition) is 0. The maximum atomic E-state index is 12.5. The molecule has 2 rings (SSSR count). The molecule has 0 aliphatic rings. The second-order valence-electron chi connectivity index (χ2n) is 5.05. The molecule has 22 heavy (non-hydrogen) atoms. The molecule has 0 aliphatic heterocycles. The quantitative estimate of drug-likeness (QED) is 0.796. The van der Waals surface area contributed by atoms with Crippen molar-refractivity contribution >= 4 is 5.78 Å². The SMILES string of the molecule is COc1ccc(C(=O)Cn2c(C)cc(=O)cc2C)cc1OC. The first-order valence-electron chi connectivity index (χ1n) is 6.89. The Hall–Kier alpha value is -2.56. The number of hydrogen-bond acceptors (Lipinski definition) is 4. The van der Waals surface area contributed by atoms with Gasteiger partial charge in [0.1, 0.15) is 0 Å². The number of aromatic nitrogens is 1. The predicted molar refractivity (Wildman–Crippen MR) is 84.1 cm³/mol. The third-order valence-corrected chi connectivity index (χ3v) is 3.56. The number of ketones is 1. The zero-order valence-electron chi connectivity index (χ0n) is 13.2. The van der Waals surface area contributed by atoms with Crippen molar-refractivity contribution in [2.24, 2.45) is 0 Å². The summed E-state index contributed by atoms with van der Waals surface area (Å²) < 4.78 is 12.2. The molecule has 1 heterocycles. The average molecular weight is 301 g/mol. The van der Waals surface area contributed by atoms with E-state index in [4.69, 9.17) is 9.47 Å². The highest BCUT2D eigenvalue weighted by Gasteiger charge is 2.13. The minimum absolute atomic E-state index is 0.0511. The third-order valence-electron chi connectivity index (χ3n) is 3.56. The molecule has 0 saturated carbocycles. The maximum absolute atomic E-state index is 12.5. The number of Topliss-reactive ketones (excluding diaryl/α,β-unsaturated/α-hetero) is 1. The van der Waals surface area contributed by atoms with Gasteiger partial charge in [0, 0.05) is 29.1 Å². The van der Waals surface area contributed by atoms with Gasteiger partial charge < -0.3 is 14.0 Å². The lowest BCUT2D eigenvalue weighted by Gasteiger charge is -2.14. The van der Waals surface area contributed by atoms with Gasteiger partial charge in [-0.15, -0.1) is 0 Å². The van der Waals surface area contributed by atoms with Gasteiger partial charge in [-0.3, -0.25) is 9.59 Å².